The summed E-state index contributed by atoms with van der Waals surface area (Å²) in [5.74, 6) is -0.414. The van der Waals surface area contributed by atoms with E-state index in [-0.39, 0.29) is 5.56 Å². The van der Waals surface area contributed by atoms with E-state index in [0.717, 1.165) is 0 Å². The lowest BCUT2D eigenvalue weighted by molar-refractivity contribution is -0.125. The van der Waals surface area contributed by atoms with Crippen LogP contribution in [0, 0.1) is 5.41 Å². The van der Waals surface area contributed by atoms with Gasteiger partial charge in [-0.2, -0.15) is 5.10 Å². The molecule has 0 spiro atoms. The smallest absolute Gasteiger partial charge is 0.283 e. The number of ether oxygens (including phenoxy) is 1. The number of halogens is 1. The van der Waals surface area contributed by atoms with Crippen LogP contribution in [0.1, 0.15) is 13.8 Å². The Hall–Kier alpha value is -1.41. The number of nitrogens with zero attached hydrogens (tertiary/aromatic N) is 2. The van der Waals surface area contributed by atoms with Crippen LogP contribution in [-0.4, -0.2) is 35.9 Å². The second kappa shape index (κ2) is 6.85. The van der Waals surface area contributed by atoms with Gasteiger partial charge in [-0.05, 0) is 29.8 Å². The third-order valence-electron chi connectivity index (χ3n) is 2.88. The van der Waals surface area contributed by atoms with Crippen LogP contribution < -0.4 is 16.6 Å². The van der Waals surface area contributed by atoms with Crippen molar-refractivity contribution >= 4 is 27.5 Å². The van der Waals surface area contributed by atoms with Crippen molar-refractivity contribution in [3.63, 3.8) is 0 Å². The molecule has 0 saturated heterocycles. The van der Waals surface area contributed by atoms with E-state index in [4.69, 9.17) is 10.5 Å². The van der Waals surface area contributed by atoms with Gasteiger partial charge in [-0.3, -0.25) is 9.59 Å². The number of carbonyl (C=O) groups excluding carboxylic acids is 1. The van der Waals surface area contributed by atoms with E-state index in [1.54, 1.807) is 21.0 Å². The van der Waals surface area contributed by atoms with Crippen molar-refractivity contribution in [3.05, 3.63) is 21.0 Å². The molecule has 0 atom stereocenters. The summed E-state index contributed by atoms with van der Waals surface area (Å²) in [5, 5.41) is 7.04. The molecule has 3 N–H and O–H groups in total. The monoisotopic (exact) mass is 346 g/mol. The SMILES string of the molecule is COCCn1ncc(NCC(C)(C)C(N)=O)c(Br)c1=O. The fraction of sp³-hybridized carbons (Fsp3) is 0.583. The maximum absolute atomic E-state index is 12.0. The molecule has 7 nitrogen and oxygen atoms in total. The molecule has 0 aliphatic rings. The zero-order valence-corrected chi connectivity index (χ0v) is 13.4. The Labute approximate surface area is 125 Å². The highest BCUT2D eigenvalue weighted by Crippen LogP contribution is 2.20. The van der Waals surface area contributed by atoms with Crippen LogP contribution in [0.5, 0.6) is 0 Å². The Kier molecular flexibility index (Phi) is 5.70. The molecule has 0 aliphatic carbocycles. The van der Waals surface area contributed by atoms with Gasteiger partial charge in [0.25, 0.3) is 5.56 Å². The standard InChI is InChI=1S/C12H19BrN4O3/c1-12(2,11(14)19)7-15-8-6-16-17(4-5-20-3)10(18)9(8)13/h6,15H,4-5,7H2,1-3H3,(H2,14,19). The highest BCUT2D eigenvalue weighted by atomic mass is 79.9. The summed E-state index contributed by atoms with van der Waals surface area (Å²) in [6.07, 6.45) is 1.53. The predicted octanol–water partition coefficient (Wildman–Crippen LogP) is 0.576. The molecule has 1 aromatic heterocycles. The van der Waals surface area contributed by atoms with Crippen LogP contribution in [0.25, 0.3) is 0 Å². The number of anilines is 1. The van der Waals surface area contributed by atoms with Crippen LogP contribution in [0.4, 0.5) is 5.69 Å². The summed E-state index contributed by atoms with van der Waals surface area (Å²) in [7, 11) is 1.56. The first-order chi connectivity index (χ1) is 9.29. The van der Waals surface area contributed by atoms with E-state index >= 15 is 0 Å². The topological polar surface area (TPSA) is 99.2 Å². The second-order valence-corrected chi connectivity index (χ2v) is 5.79. The largest absolute Gasteiger partial charge is 0.383 e. The van der Waals surface area contributed by atoms with Gasteiger partial charge in [0.05, 0.1) is 30.5 Å². The number of hydrogen-bond acceptors (Lipinski definition) is 5. The lowest BCUT2D eigenvalue weighted by Crippen LogP contribution is -2.38. The molecule has 0 unspecified atom stereocenters. The molecule has 1 heterocycles. The number of amides is 1. The number of aromatic nitrogens is 2. The summed E-state index contributed by atoms with van der Waals surface area (Å²) in [6.45, 7) is 4.54. The Morgan fingerprint density at radius 2 is 2.25 bits per heavy atom. The third kappa shape index (κ3) is 4.04. The minimum atomic E-state index is -0.718. The Balaban J connectivity index is 2.86. The van der Waals surface area contributed by atoms with Gasteiger partial charge in [0.1, 0.15) is 4.47 Å². The molecule has 20 heavy (non-hydrogen) atoms. The molecule has 0 fully saturated rings. The highest BCUT2D eigenvalue weighted by molar-refractivity contribution is 9.10. The predicted molar refractivity (Wildman–Crippen MR) is 79.5 cm³/mol. The average Bonchev–Trinajstić information content (AvgIpc) is 2.39. The van der Waals surface area contributed by atoms with Crippen molar-refractivity contribution in [2.75, 3.05) is 25.6 Å². The van der Waals surface area contributed by atoms with Crippen LogP contribution in [-0.2, 0) is 16.1 Å². The van der Waals surface area contributed by atoms with E-state index in [2.05, 4.69) is 26.3 Å². The second-order valence-electron chi connectivity index (χ2n) is 5.00. The van der Waals surface area contributed by atoms with Crippen molar-refractivity contribution in [1.82, 2.24) is 9.78 Å². The molecule has 0 radical (unpaired) electrons. The number of hydrogen-bond donors (Lipinski definition) is 2. The molecule has 0 saturated carbocycles. The maximum atomic E-state index is 12.0. The zero-order chi connectivity index (χ0) is 15.3. The molecule has 1 amide bonds. The zero-order valence-electron chi connectivity index (χ0n) is 11.8. The molecule has 1 rings (SSSR count). The number of methoxy groups -OCH3 is 1. The van der Waals surface area contributed by atoms with E-state index in [1.165, 1.54) is 10.9 Å². The van der Waals surface area contributed by atoms with Crippen molar-refractivity contribution in [1.29, 1.82) is 0 Å². The normalized spacial score (nSPS) is 11.4. The van der Waals surface area contributed by atoms with Gasteiger partial charge in [-0.1, -0.05) is 0 Å². The number of nitrogens with one attached hydrogen (secondary N) is 1. The van der Waals surface area contributed by atoms with Gasteiger partial charge in [-0.25, -0.2) is 4.68 Å². The minimum absolute atomic E-state index is 0.260. The fourth-order valence-corrected chi connectivity index (χ4v) is 1.78. The van der Waals surface area contributed by atoms with E-state index in [9.17, 15) is 9.59 Å². The number of carbonyl (C=O) groups is 1. The van der Waals surface area contributed by atoms with Crippen LogP contribution >= 0.6 is 15.9 Å². The van der Waals surface area contributed by atoms with Gasteiger partial charge >= 0.3 is 0 Å². The lowest BCUT2D eigenvalue weighted by atomic mass is 9.93. The molecular weight excluding hydrogens is 328 g/mol. The van der Waals surface area contributed by atoms with Gasteiger partial charge < -0.3 is 15.8 Å². The minimum Gasteiger partial charge on any atom is -0.383 e. The first-order valence-corrected chi connectivity index (χ1v) is 6.87. The maximum Gasteiger partial charge on any atom is 0.283 e. The highest BCUT2D eigenvalue weighted by Gasteiger charge is 2.25. The van der Waals surface area contributed by atoms with Crippen molar-refractivity contribution in [2.45, 2.75) is 20.4 Å². The third-order valence-corrected chi connectivity index (χ3v) is 3.65. The van der Waals surface area contributed by atoms with Crippen LogP contribution in [0.15, 0.2) is 15.5 Å². The summed E-state index contributed by atoms with van der Waals surface area (Å²) >= 11 is 3.23. The Morgan fingerprint density at radius 1 is 1.60 bits per heavy atom. The summed E-state index contributed by atoms with van der Waals surface area (Å²) in [4.78, 5) is 23.3. The van der Waals surface area contributed by atoms with Crippen LogP contribution in [0.2, 0.25) is 0 Å². The lowest BCUT2D eigenvalue weighted by Gasteiger charge is -2.21. The van der Waals surface area contributed by atoms with Crippen molar-refractivity contribution in [2.24, 2.45) is 11.1 Å². The van der Waals surface area contributed by atoms with Gasteiger partial charge in [0.15, 0.2) is 0 Å². The molecular formula is C12H19BrN4O3. The number of rotatable bonds is 7. The summed E-state index contributed by atoms with van der Waals surface area (Å²) < 4.78 is 6.58. The number of nitrogens with two attached hydrogens (primary N) is 1. The van der Waals surface area contributed by atoms with Crippen molar-refractivity contribution < 1.29 is 9.53 Å². The first-order valence-electron chi connectivity index (χ1n) is 6.08. The quantitative estimate of drug-likeness (QED) is 0.752. The van der Waals surface area contributed by atoms with E-state index in [1.807, 2.05) is 0 Å². The molecule has 0 aliphatic heterocycles. The fourth-order valence-electron chi connectivity index (χ4n) is 1.33. The van der Waals surface area contributed by atoms with Gasteiger partial charge in [0, 0.05) is 13.7 Å². The van der Waals surface area contributed by atoms with Crippen molar-refractivity contribution in [3.8, 4) is 0 Å². The summed E-state index contributed by atoms with van der Waals surface area (Å²) in [6, 6.07) is 0. The average molecular weight is 347 g/mol. The van der Waals surface area contributed by atoms with Crippen LogP contribution in [0.3, 0.4) is 0 Å². The molecule has 112 valence electrons. The molecule has 0 aromatic carbocycles. The Bertz CT molecular complexity index is 542. The van der Waals surface area contributed by atoms with E-state index < -0.39 is 11.3 Å². The van der Waals surface area contributed by atoms with E-state index in [0.29, 0.717) is 29.9 Å². The molecule has 0 bridgehead atoms. The van der Waals surface area contributed by atoms with Gasteiger partial charge in [-0.15, -0.1) is 0 Å². The number of primary amides is 1. The summed E-state index contributed by atoms with van der Waals surface area (Å²) in [5.41, 5.74) is 4.84. The first kappa shape index (κ1) is 16.6. The molecule has 1 aromatic rings. The Morgan fingerprint density at radius 3 is 2.80 bits per heavy atom. The van der Waals surface area contributed by atoms with Gasteiger partial charge in [0.2, 0.25) is 5.91 Å². The molecule has 8 heteroatoms.